The standard InChI is InChI=1S/C31H33N3O4/c1-23-8-10-26(11-9-23)21-32-31(36)29-20-28(38-33-29)22-34(19-18-25-12-15-27(37-2)16-13-25)30(35)17-14-24-6-4-3-5-7-24/h3-13,15-16,20H,14,17-19,21-22H2,1-2H3,(H,32,36). The highest BCUT2D eigenvalue weighted by molar-refractivity contribution is 5.92. The summed E-state index contributed by atoms with van der Waals surface area (Å²) in [6.45, 7) is 3.16. The van der Waals surface area contributed by atoms with Crippen LogP contribution in [-0.2, 0) is 30.7 Å². The Morgan fingerprint density at radius 1 is 0.895 bits per heavy atom. The number of hydrogen-bond donors (Lipinski definition) is 1. The van der Waals surface area contributed by atoms with E-state index in [4.69, 9.17) is 9.26 Å². The van der Waals surface area contributed by atoms with Gasteiger partial charge in [0.05, 0.1) is 13.7 Å². The van der Waals surface area contributed by atoms with Crippen molar-refractivity contribution in [3.8, 4) is 5.75 Å². The first kappa shape index (κ1) is 26.7. The summed E-state index contributed by atoms with van der Waals surface area (Å²) in [6.07, 6.45) is 1.71. The van der Waals surface area contributed by atoms with E-state index < -0.39 is 0 Å². The summed E-state index contributed by atoms with van der Waals surface area (Å²) in [7, 11) is 1.64. The van der Waals surface area contributed by atoms with E-state index in [0.29, 0.717) is 38.1 Å². The summed E-state index contributed by atoms with van der Waals surface area (Å²) in [5.74, 6) is 0.956. The number of rotatable bonds is 12. The third kappa shape index (κ3) is 7.80. The van der Waals surface area contributed by atoms with Crippen molar-refractivity contribution in [3.63, 3.8) is 0 Å². The summed E-state index contributed by atoms with van der Waals surface area (Å²) in [6, 6.07) is 27.3. The quantitative estimate of drug-likeness (QED) is 0.285. The number of aromatic nitrogens is 1. The number of carbonyl (C=O) groups is 2. The molecule has 7 nitrogen and oxygen atoms in total. The molecular formula is C31H33N3O4. The number of aryl methyl sites for hydroxylation is 2. The molecule has 0 atom stereocenters. The maximum atomic E-state index is 13.2. The normalized spacial score (nSPS) is 10.7. The van der Waals surface area contributed by atoms with Gasteiger partial charge in [-0.2, -0.15) is 0 Å². The Bertz CT molecular complexity index is 1320. The molecule has 3 aromatic carbocycles. The fraction of sp³-hybridized carbons (Fsp3) is 0.258. The first-order valence-corrected chi connectivity index (χ1v) is 12.7. The van der Waals surface area contributed by atoms with Crippen molar-refractivity contribution >= 4 is 11.8 Å². The van der Waals surface area contributed by atoms with Gasteiger partial charge in [0.1, 0.15) is 5.75 Å². The number of carbonyl (C=O) groups excluding carboxylic acids is 2. The summed E-state index contributed by atoms with van der Waals surface area (Å²) < 4.78 is 10.7. The molecule has 38 heavy (non-hydrogen) atoms. The molecule has 0 radical (unpaired) electrons. The van der Waals surface area contributed by atoms with Crippen LogP contribution in [0.2, 0.25) is 0 Å². The second kappa shape index (κ2) is 13.2. The first-order valence-electron chi connectivity index (χ1n) is 12.7. The lowest BCUT2D eigenvalue weighted by Gasteiger charge is -2.21. The fourth-order valence-corrected chi connectivity index (χ4v) is 4.06. The molecule has 0 fully saturated rings. The molecule has 0 bridgehead atoms. The van der Waals surface area contributed by atoms with E-state index in [1.165, 1.54) is 0 Å². The SMILES string of the molecule is COc1ccc(CCN(Cc2cc(C(=O)NCc3ccc(C)cc3)no2)C(=O)CCc2ccccc2)cc1. The van der Waals surface area contributed by atoms with Gasteiger partial charge in [0, 0.05) is 25.6 Å². The zero-order valence-electron chi connectivity index (χ0n) is 21.9. The number of amides is 2. The number of benzene rings is 3. The van der Waals surface area contributed by atoms with Gasteiger partial charge in [0.2, 0.25) is 5.91 Å². The molecule has 2 amide bonds. The van der Waals surface area contributed by atoms with Crippen LogP contribution in [0.25, 0.3) is 0 Å². The van der Waals surface area contributed by atoms with Gasteiger partial charge in [0.25, 0.3) is 5.91 Å². The minimum Gasteiger partial charge on any atom is -0.497 e. The minimum absolute atomic E-state index is 0.0177. The van der Waals surface area contributed by atoms with E-state index in [1.54, 1.807) is 18.1 Å². The summed E-state index contributed by atoms with van der Waals surface area (Å²) in [5, 5.41) is 6.81. The summed E-state index contributed by atoms with van der Waals surface area (Å²) in [5.41, 5.74) is 4.57. The van der Waals surface area contributed by atoms with E-state index >= 15 is 0 Å². The lowest BCUT2D eigenvalue weighted by molar-refractivity contribution is -0.132. The van der Waals surface area contributed by atoms with Gasteiger partial charge in [0.15, 0.2) is 11.5 Å². The fourth-order valence-electron chi connectivity index (χ4n) is 4.06. The van der Waals surface area contributed by atoms with Crippen LogP contribution < -0.4 is 10.1 Å². The van der Waals surface area contributed by atoms with E-state index in [1.807, 2.05) is 85.8 Å². The van der Waals surface area contributed by atoms with Gasteiger partial charge < -0.3 is 19.5 Å². The Labute approximate surface area is 223 Å². The monoisotopic (exact) mass is 511 g/mol. The molecule has 1 aromatic heterocycles. The van der Waals surface area contributed by atoms with E-state index in [0.717, 1.165) is 28.0 Å². The number of nitrogens with zero attached hydrogens (tertiary/aromatic N) is 2. The molecule has 0 saturated carbocycles. The molecule has 0 aliphatic heterocycles. The predicted octanol–water partition coefficient (Wildman–Crippen LogP) is 5.13. The third-order valence-corrected chi connectivity index (χ3v) is 6.36. The van der Waals surface area contributed by atoms with Crippen molar-refractivity contribution in [1.29, 1.82) is 0 Å². The van der Waals surface area contributed by atoms with Gasteiger partial charge in [-0.3, -0.25) is 9.59 Å². The largest absolute Gasteiger partial charge is 0.497 e. The number of hydrogen-bond acceptors (Lipinski definition) is 5. The van der Waals surface area contributed by atoms with Crippen molar-refractivity contribution in [2.45, 2.75) is 39.3 Å². The summed E-state index contributed by atoms with van der Waals surface area (Å²) in [4.78, 5) is 27.6. The molecule has 0 aliphatic carbocycles. The second-order valence-corrected chi connectivity index (χ2v) is 9.25. The van der Waals surface area contributed by atoms with Crippen LogP contribution in [-0.4, -0.2) is 35.5 Å². The number of ether oxygens (including phenoxy) is 1. The van der Waals surface area contributed by atoms with Gasteiger partial charge >= 0.3 is 0 Å². The molecule has 4 rings (SSSR count). The Balaban J connectivity index is 1.39. The minimum atomic E-state index is -0.319. The average molecular weight is 512 g/mol. The second-order valence-electron chi connectivity index (χ2n) is 9.25. The predicted molar refractivity (Wildman–Crippen MR) is 146 cm³/mol. The van der Waals surface area contributed by atoms with Crippen LogP contribution in [0.5, 0.6) is 5.75 Å². The van der Waals surface area contributed by atoms with Gasteiger partial charge in [-0.1, -0.05) is 77.5 Å². The van der Waals surface area contributed by atoms with Crippen LogP contribution >= 0.6 is 0 Å². The molecule has 196 valence electrons. The zero-order chi connectivity index (χ0) is 26.7. The smallest absolute Gasteiger partial charge is 0.273 e. The van der Waals surface area contributed by atoms with Crippen LogP contribution in [0.3, 0.4) is 0 Å². The Morgan fingerprint density at radius 2 is 1.58 bits per heavy atom. The van der Waals surface area contributed by atoms with Crippen LogP contribution in [0.15, 0.2) is 89.5 Å². The Morgan fingerprint density at radius 3 is 2.29 bits per heavy atom. The lowest BCUT2D eigenvalue weighted by Crippen LogP contribution is -2.32. The van der Waals surface area contributed by atoms with Crippen LogP contribution in [0, 0.1) is 6.92 Å². The van der Waals surface area contributed by atoms with Crippen LogP contribution in [0.1, 0.15) is 44.9 Å². The molecule has 0 unspecified atom stereocenters. The van der Waals surface area contributed by atoms with Gasteiger partial charge in [-0.05, 0) is 48.6 Å². The average Bonchev–Trinajstić information content (AvgIpc) is 3.43. The van der Waals surface area contributed by atoms with Crippen molar-refractivity contribution in [2.24, 2.45) is 0 Å². The molecule has 4 aromatic rings. The number of methoxy groups -OCH3 is 1. The maximum Gasteiger partial charge on any atom is 0.273 e. The van der Waals surface area contributed by atoms with E-state index in [9.17, 15) is 9.59 Å². The van der Waals surface area contributed by atoms with Gasteiger partial charge in [-0.25, -0.2) is 0 Å². The molecule has 7 heteroatoms. The molecular weight excluding hydrogens is 478 g/mol. The van der Waals surface area contributed by atoms with Crippen molar-refractivity contribution in [3.05, 3.63) is 119 Å². The molecule has 0 spiro atoms. The van der Waals surface area contributed by atoms with Crippen molar-refractivity contribution < 1.29 is 18.8 Å². The maximum absolute atomic E-state index is 13.2. The highest BCUT2D eigenvalue weighted by Crippen LogP contribution is 2.15. The van der Waals surface area contributed by atoms with Crippen LogP contribution in [0.4, 0.5) is 0 Å². The van der Waals surface area contributed by atoms with Crippen molar-refractivity contribution in [2.75, 3.05) is 13.7 Å². The highest BCUT2D eigenvalue weighted by atomic mass is 16.5. The lowest BCUT2D eigenvalue weighted by atomic mass is 10.1. The van der Waals surface area contributed by atoms with E-state index in [2.05, 4.69) is 10.5 Å². The molecule has 1 heterocycles. The molecule has 0 saturated heterocycles. The highest BCUT2D eigenvalue weighted by Gasteiger charge is 2.19. The van der Waals surface area contributed by atoms with Crippen molar-refractivity contribution in [1.82, 2.24) is 15.4 Å². The molecule has 1 N–H and O–H groups in total. The van der Waals surface area contributed by atoms with Gasteiger partial charge in [-0.15, -0.1) is 0 Å². The zero-order valence-corrected chi connectivity index (χ0v) is 21.9. The number of nitrogens with one attached hydrogen (secondary N) is 1. The third-order valence-electron chi connectivity index (χ3n) is 6.36. The first-order chi connectivity index (χ1) is 18.5. The Kier molecular flexibility index (Phi) is 9.29. The summed E-state index contributed by atoms with van der Waals surface area (Å²) >= 11 is 0. The topological polar surface area (TPSA) is 84.7 Å². The Hall–Kier alpha value is -4.39. The van der Waals surface area contributed by atoms with E-state index in [-0.39, 0.29) is 24.1 Å². The molecule has 0 aliphatic rings.